The summed E-state index contributed by atoms with van der Waals surface area (Å²) in [6.45, 7) is 2.05. The average Bonchev–Trinajstić information content (AvgIpc) is 2.45. The topological polar surface area (TPSA) is 38.3 Å². The molecule has 4 heteroatoms. The zero-order valence-electron chi connectivity index (χ0n) is 11.6. The highest BCUT2D eigenvalue weighted by Gasteiger charge is 2.15. The zero-order chi connectivity index (χ0) is 14.1. The number of unbranched alkanes of at least 4 members (excludes halogenated alkanes) is 1. The van der Waals surface area contributed by atoms with Gasteiger partial charge in [0.25, 0.3) is 0 Å². The molecular weight excluding hydrogens is 262 g/mol. The lowest BCUT2D eigenvalue weighted by Gasteiger charge is -2.19. The second-order valence-corrected chi connectivity index (χ2v) is 4.79. The maximum absolute atomic E-state index is 11.9. The van der Waals surface area contributed by atoms with Crippen LogP contribution in [0.1, 0.15) is 44.2 Å². The lowest BCUT2D eigenvalue weighted by atomic mass is 10.0. The molecule has 0 aliphatic rings. The van der Waals surface area contributed by atoms with Crippen molar-refractivity contribution in [2.45, 2.75) is 38.6 Å². The number of amides is 1. The average molecular weight is 284 g/mol. The number of hydrogen-bond donors (Lipinski definition) is 1. The van der Waals surface area contributed by atoms with E-state index in [4.69, 9.17) is 16.3 Å². The number of rotatable bonds is 8. The van der Waals surface area contributed by atoms with Crippen molar-refractivity contribution in [2.75, 3.05) is 13.0 Å². The molecule has 1 rings (SSSR count). The predicted octanol–water partition coefficient (Wildman–Crippen LogP) is 3.67. The van der Waals surface area contributed by atoms with Gasteiger partial charge >= 0.3 is 0 Å². The summed E-state index contributed by atoms with van der Waals surface area (Å²) >= 11 is 5.61. The van der Waals surface area contributed by atoms with E-state index in [-0.39, 0.29) is 11.9 Å². The van der Waals surface area contributed by atoms with Crippen molar-refractivity contribution < 1.29 is 9.53 Å². The number of methoxy groups -OCH3 is 1. The fraction of sp³-hybridized carbons (Fsp3) is 0.533. The Kier molecular flexibility index (Phi) is 7.34. The van der Waals surface area contributed by atoms with Crippen LogP contribution in [0.3, 0.4) is 0 Å². The van der Waals surface area contributed by atoms with E-state index in [9.17, 15) is 4.79 Å². The fourth-order valence-corrected chi connectivity index (χ4v) is 2.19. The van der Waals surface area contributed by atoms with E-state index in [2.05, 4.69) is 12.2 Å². The van der Waals surface area contributed by atoms with E-state index in [1.54, 1.807) is 7.11 Å². The number of benzene rings is 1. The Hall–Kier alpha value is -1.22. The van der Waals surface area contributed by atoms with Crippen molar-refractivity contribution in [3.05, 3.63) is 29.8 Å². The standard InChI is InChI=1S/C15H22ClNO2/c1-3-13(17-15(18)10-6-7-11-16)12-8-4-5-9-14(12)19-2/h4-5,8-9,13H,3,6-7,10-11H2,1-2H3,(H,17,18). The molecule has 0 radical (unpaired) electrons. The molecule has 0 bridgehead atoms. The van der Waals surface area contributed by atoms with Crippen LogP contribution in [-0.2, 0) is 4.79 Å². The van der Waals surface area contributed by atoms with Gasteiger partial charge in [0.15, 0.2) is 0 Å². The second-order valence-electron chi connectivity index (χ2n) is 4.42. The largest absolute Gasteiger partial charge is 0.496 e. The van der Waals surface area contributed by atoms with Crippen molar-refractivity contribution in [3.8, 4) is 5.75 Å². The van der Waals surface area contributed by atoms with Gasteiger partial charge in [-0.05, 0) is 25.3 Å². The fourth-order valence-electron chi connectivity index (χ4n) is 2.00. The van der Waals surface area contributed by atoms with Crippen LogP contribution in [0.25, 0.3) is 0 Å². The molecule has 1 atom stereocenters. The van der Waals surface area contributed by atoms with Crippen molar-refractivity contribution in [3.63, 3.8) is 0 Å². The summed E-state index contributed by atoms with van der Waals surface area (Å²) in [4.78, 5) is 11.9. The summed E-state index contributed by atoms with van der Waals surface area (Å²) in [7, 11) is 1.65. The predicted molar refractivity (Wildman–Crippen MR) is 78.7 cm³/mol. The summed E-state index contributed by atoms with van der Waals surface area (Å²) in [5, 5.41) is 3.05. The number of para-hydroxylation sites is 1. The second kappa shape index (κ2) is 8.81. The first-order valence-electron chi connectivity index (χ1n) is 6.71. The Labute approximate surface area is 120 Å². The van der Waals surface area contributed by atoms with Crippen molar-refractivity contribution in [1.82, 2.24) is 5.32 Å². The van der Waals surface area contributed by atoms with E-state index in [0.29, 0.717) is 12.3 Å². The molecular formula is C15H22ClNO2. The van der Waals surface area contributed by atoms with Crippen LogP contribution in [0.2, 0.25) is 0 Å². The van der Waals surface area contributed by atoms with E-state index >= 15 is 0 Å². The SMILES string of the molecule is CCC(NC(=O)CCCCCl)c1ccccc1OC. The van der Waals surface area contributed by atoms with Crippen LogP contribution in [0, 0.1) is 0 Å². The maximum atomic E-state index is 11.9. The van der Waals surface area contributed by atoms with Crippen molar-refractivity contribution >= 4 is 17.5 Å². The summed E-state index contributed by atoms with van der Waals surface area (Å²) in [5.41, 5.74) is 1.03. The number of ether oxygens (including phenoxy) is 1. The van der Waals surface area contributed by atoms with Gasteiger partial charge in [0.2, 0.25) is 5.91 Å². The molecule has 1 aromatic rings. The molecule has 0 saturated heterocycles. The summed E-state index contributed by atoms with van der Waals surface area (Å²) < 4.78 is 5.34. The monoisotopic (exact) mass is 283 g/mol. The van der Waals surface area contributed by atoms with Crippen LogP contribution in [0.15, 0.2) is 24.3 Å². The van der Waals surface area contributed by atoms with Crippen molar-refractivity contribution in [2.24, 2.45) is 0 Å². The van der Waals surface area contributed by atoms with Gasteiger partial charge in [-0.25, -0.2) is 0 Å². The van der Waals surface area contributed by atoms with E-state index in [1.807, 2.05) is 24.3 Å². The van der Waals surface area contributed by atoms with Gasteiger partial charge in [-0.15, -0.1) is 11.6 Å². The molecule has 3 nitrogen and oxygen atoms in total. The third kappa shape index (κ3) is 5.11. The molecule has 19 heavy (non-hydrogen) atoms. The molecule has 106 valence electrons. The van der Waals surface area contributed by atoms with Crippen molar-refractivity contribution in [1.29, 1.82) is 0 Å². The molecule has 0 aliphatic carbocycles. The summed E-state index contributed by atoms with van der Waals surface area (Å²) in [6, 6.07) is 7.79. The lowest BCUT2D eigenvalue weighted by molar-refractivity contribution is -0.122. The van der Waals surface area contributed by atoms with Gasteiger partial charge in [0.1, 0.15) is 5.75 Å². The molecule has 1 unspecified atom stereocenters. The minimum absolute atomic E-state index is 0.000323. The Morgan fingerprint density at radius 3 is 2.74 bits per heavy atom. The highest BCUT2D eigenvalue weighted by atomic mass is 35.5. The number of alkyl halides is 1. The maximum Gasteiger partial charge on any atom is 0.220 e. The van der Waals surface area contributed by atoms with Gasteiger partial charge in [0, 0.05) is 17.9 Å². The van der Waals surface area contributed by atoms with Gasteiger partial charge < -0.3 is 10.1 Å². The Morgan fingerprint density at radius 2 is 2.11 bits per heavy atom. The van der Waals surface area contributed by atoms with Gasteiger partial charge in [0.05, 0.1) is 13.2 Å². The third-order valence-electron chi connectivity index (χ3n) is 3.05. The number of halogens is 1. The van der Waals surface area contributed by atoms with Crippen LogP contribution >= 0.6 is 11.6 Å². The molecule has 0 spiro atoms. The molecule has 0 heterocycles. The molecule has 1 N–H and O–H groups in total. The Morgan fingerprint density at radius 1 is 1.37 bits per heavy atom. The number of carbonyl (C=O) groups is 1. The Balaban J connectivity index is 2.64. The minimum atomic E-state index is -0.000323. The van der Waals surface area contributed by atoms with Crippen LogP contribution in [-0.4, -0.2) is 18.9 Å². The summed E-state index contributed by atoms with van der Waals surface area (Å²) in [5.74, 6) is 1.50. The van der Waals surface area contributed by atoms with Crippen LogP contribution in [0.5, 0.6) is 5.75 Å². The molecule has 0 aliphatic heterocycles. The molecule has 1 aromatic carbocycles. The zero-order valence-corrected chi connectivity index (χ0v) is 12.4. The van der Waals surface area contributed by atoms with E-state index < -0.39 is 0 Å². The quantitative estimate of drug-likeness (QED) is 0.584. The number of nitrogens with one attached hydrogen (secondary N) is 1. The van der Waals surface area contributed by atoms with Crippen LogP contribution in [0.4, 0.5) is 0 Å². The molecule has 1 amide bonds. The highest BCUT2D eigenvalue weighted by Crippen LogP contribution is 2.26. The molecule has 0 aromatic heterocycles. The van der Waals surface area contributed by atoms with Crippen LogP contribution < -0.4 is 10.1 Å². The Bertz CT molecular complexity index is 395. The smallest absolute Gasteiger partial charge is 0.220 e. The molecule has 0 saturated carbocycles. The number of carbonyl (C=O) groups excluding carboxylic acids is 1. The summed E-state index contributed by atoms with van der Waals surface area (Å²) in [6.07, 6.45) is 3.07. The molecule has 0 fully saturated rings. The third-order valence-corrected chi connectivity index (χ3v) is 3.31. The first-order valence-corrected chi connectivity index (χ1v) is 7.24. The van der Waals surface area contributed by atoms with E-state index in [1.165, 1.54) is 0 Å². The van der Waals surface area contributed by atoms with E-state index in [0.717, 1.165) is 30.6 Å². The lowest BCUT2D eigenvalue weighted by Crippen LogP contribution is -2.28. The first-order chi connectivity index (χ1) is 9.22. The first kappa shape index (κ1) is 15.8. The normalized spacial score (nSPS) is 11.9. The minimum Gasteiger partial charge on any atom is -0.496 e. The van der Waals surface area contributed by atoms with Gasteiger partial charge in [-0.1, -0.05) is 25.1 Å². The highest BCUT2D eigenvalue weighted by molar-refractivity contribution is 6.17. The van der Waals surface area contributed by atoms with Gasteiger partial charge in [-0.2, -0.15) is 0 Å². The number of hydrogen-bond acceptors (Lipinski definition) is 2. The van der Waals surface area contributed by atoms with Gasteiger partial charge in [-0.3, -0.25) is 4.79 Å².